The van der Waals surface area contributed by atoms with Gasteiger partial charge in [-0.25, -0.2) is 0 Å². The molecule has 0 bridgehead atoms. The molecule has 1 aliphatic rings. The number of anilines is 1. The van der Waals surface area contributed by atoms with Crippen LogP contribution >= 0.6 is 0 Å². The van der Waals surface area contributed by atoms with E-state index in [1.54, 1.807) is 0 Å². The molecule has 0 aliphatic carbocycles. The molecule has 0 saturated carbocycles. The molecule has 1 heterocycles. The number of ether oxygens (including phenoxy) is 3. The van der Waals surface area contributed by atoms with Crippen LogP contribution in [0, 0.1) is 5.39 Å². The Morgan fingerprint density at radius 2 is 1.64 bits per heavy atom. The highest BCUT2D eigenvalue weighted by Crippen LogP contribution is 2.22. The van der Waals surface area contributed by atoms with E-state index >= 15 is 0 Å². The van der Waals surface area contributed by atoms with Crippen LogP contribution in [0.15, 0.2) is 30.3 Å². The minimum absolute atomic E-state index is 0.0332. The molecule has 1 saturated heterocycles. The summed E-state index contributed by atoms with van der Waals surface area (Å²) in [7, 11) is -6.00. The van der Waals surface area contributed by atoms with Gasteiger partial charge < -0.3 is 36.4 Å². The smallest absolute Gasteiger partial charge is 0.418 e. The Labute approximate surface area is 144 Å². The Balaban J connectivity index is 0.000000710. The number of nitrogens with one attached hydrogen (secondary N) is 1. The standard InChI is InChI=1S/C14H21NO3.BF4.N2/c1-3-16-13-11-18-14(17-4-2)10-15(13)12-8-6-5-7-9-12;2-1(3,4)5;1-2/h5-9,13-14H,3-4,10-11H2,1-2H3;;/q;-1;/p+1. The number of benzene rings is 1. The Morgan fingerprint density at radius 3 is 2.12 bits per heavy atom. The zero-order valence-electron chi connectivity index (χ0n) is 14.1. The van der Waals surface area contributed by atoms with E-state index in [4.69, 9.17) is 25.0 Å². The maximum atomic E-state index is 9.75. The van der Waals surface area contributed by atoms with Crippen molar-refractivity contribution < 1.29 is 36.9 Å². The molecule has 1 aliphatic heterocycles. The molecule has 1 aromatic carbocycles. The SMILES string of the molecule is CCOC1CN(c2ccccc2)C(OCC)CO1.F[B-](F)(F)F.N#[NH+]. The Bertz CT molecular complexity index is 473. The highest BCUT2D eigenvalue weighted by molar-refractivity contribution is 6.50. The van der Waals surface area contributed by atoms with E-state index in [1.807, 2.05) is 32.0 Å². The highest BCUT2D eigenvalue weighted by Gasteiger charge is 2.29. The van der Waals surface area contributed by atoms with Gasteiger partial charge in [-0.1, -0.05) is 18.2 Å². The maximum Gasteiger partial charge on any atom is 0.673 e. The summed E-state index contributed by atoms with van der Waals surface area (Å²) in [5, 5.41) is 11.0. The van der Waals surface area contributed by atoms with E-state index in [1.165, 1.54) is 0 Å². The van der Waals surface area contributed by atoms with Gasteiger partial charge in [0.15, 0.2) is 12.5 Å². The predicted molar refractivity (Wildman–Crippen MR) is 83.4 cm³/mol. The van der Waals surface area contributed by atoms with Gasteiger partial charge in [0.05, 0.1) is 18.5 Å². The van der Waals surface area contributed by atoms with Crippen molar-refractivity contribution in [3.63, 3.8) is 0 Å². The number of morpholine rings is 1. The van der Waals surface area contributed by atoms with E-state index in [0.717, 1.165) is 5.69 Å². The first kappa shape index (κ1) is 23.1. The lowest BCUT2D eigenvalue weighted by molar-refractivity contribution is -0.179. The van der Waals surface area contributed by atoms with Crippen LogP contribution in [0.3, 0.4) is 0 Å². The monoisotopic (exact) mass is 367 g/mol. The largest absolute Gasteiger partial charge is 0.673 e. The molecule has 25 heavy (non-hydrogen) atoms. The fourth-order valence-corrected chi connectivity index (χ4v) is 2.12. The minimum Gasteiger partial charge on any atom is -0.418 e. The first-order valence-corrected chi connectivity index (χ1v) is 7.61. The second kappa shape index (κ2) is 12.5. The molecule has 2 unspecified atom stereocenters. The molecule has 0 radical (unpaired) electrons. The summed E-state index contributed by atoms with van der Waals surface area (Å²) in [6, 6.07) is 10.2. The molecular weight excluding hydrogens is 345 g/mol. The lowest BCUT2D eigenvalue weighted by atomic mass is 10.2. The molecule has 142 valence electrons. The van der Waals surface area contributed by atoms with Crippen LogP contribution < -0.4 is 10.3 Å². The summed E-state index contributed by atoms with van der Waals surface area (Å²) >= 11 is 0. The molecule has 0 aromatic heterocycles. The molecular formula is C14H22BF4N3O3. The summed E-state index contributed by atoms with van der Waals surface area (Å²) < 4.78 is 55.9. The highest BCUT2D eigenvalue weighted by atomic mass is 19.5. The van der Waals surface area contributed by atoms with Gasteiger partial charge in [0.1, 0.15) is 0 Å². The lowest BCUT2D eigenvalue weighted by Crippen LogP contribution is -2.52. The van der Waals surface area contributed by atoms with Crippen molar-refractivity contribution >= 4 is 12.9 Å². The summed E-state index contributed by atoms with van der Waals surface area (Å²) in [5.74, 6) is 0. The number of nitrogens with zero attached hydrogens (tertiary/aromatic N) is 2. The van der Waals surface area contributed by atoms with E-state index in [0.29, 0.717) is 26.4 Å². The second-order valence-electron chi connectivity index (χ2n) is 4.61. The third-order valence-electron chi connectivity index (χ3n) is 2.92. The van der Waals surface area contributed by atoms with Crippen molar-refractivity contribution in [3.8, 4) is 0 Å². The summed E-state index contributed by atoms with van der Waals surface area (Å²) in [4.78, 5) is 2.20. The van der Waals surface area contributed by atoms with Crippen LogP contribution in [-0.4, -0.2) is 46.1 Å². The number of hydrogen-bond acceptors (Lipinski definition) is 5. The average molecular weight is 367 g/mol. The van der Waals surface area contributed by atoms with Crippen molar-refractivity contribution in [1.29, 1.82) is 5.39 Å². The quantitative estimate of drug-likeness (QED) is 0.488. The summed E-state index contributed by atoms with van der Waals surface area (Å²) in [6.45, 7) is 6.54. The Kier molecular flexibility index (Phi) is 11.5. The molecule has 0 spiro atoms. The van der Waals surface area contributed by atoms with Crippen LogP contribution in [-0.2, 0) is 14.2 Å². The van der Waals surface area contributed by atoms with Crippen molar-refractivity contribution in [3.05, 3.63) is 30.3 Å². The van der Waals surface area contributed by atoms with Gasteiger partial charge in [-0.3, -0.25) is 0 Å². The van der Waals surface area contributed by atoms with Gasteiger partial charge in [0.2, 0.25) is 5.39 Å². The molecule has 0 amide bonds. The number of hydrogen-bond donors (Lipinski definition) is 1. The van der Waals surface area contributed by atoms with Gasteiger partial charge in [-0.2, -0.15) is 0 Å². The van der Waals surface area contributed by atoms with E-state index in [2.05, 4.69) is 17.0 Å². The lowest BCUT2D eigenvalue weighted by Gasteiger charge is -2.40. The fourth-order valence-electron chi connectivity index (χ4n) is 2.12. The molecule has 6 nitrogen and oxygen atoms in total. The maximum absolute atomic E-state index is 9.75. The zero-order valence-corrected chi connectivity index (χ0v) is 14.1. The molecule has 2 rings (SSSR count). The molecule has 1 fully saturated rings. The topological polar surface area (TPSA) is 78.5 Å². The summed E-state index contributed by atoms with van der Waals surface area (Å²) in [6.07, 6.45) is -0.207. The van der Waals surface area contributed by atoms with Gasteiger partial charge in [-0.15, -0.1) is 0 Å². The third kappa shape index (κ3) is 10.5. The first-order valence-electron chi connectivity index (χ1n) is 7.61. The van der Waals surface area contributed by atoms with Crippen LogP contribution in [0.5, 0.6) is 0 Å². The fraction of sp³-hybridized carbons (Fsp3) is 0.571. The second-order valence-corrected chi connectivity index (χ2v) is 4.61. The van der Waals surface area contributed by atoms with Crippen molar-refractivity contribution in [1.82, 2.24) is 0 Å². The van der Waals surface area contributed by atoms with E-state index in [9.17, 15) is 17.3 Å². The van der Waals surface area contributed by atoms with Gasteiger partial charge in [-0.05, 0) is 26.0 Å². The number of diazo groups is 1. The van der Waals surface area contributed by atoms with Crippen molar-refractivity contribution in [2.24, 2.45) is 0 Å². The normalized spacial score (nSPS) is 19.9. The molecule has 2 atom stereocenters. The number of rotatable bonds is 5. The molecule has 1 aromatic rings. The van der Waals surface area contributed by atoms with Gasteiger partial charge >= 0.3 is 7.25 Å². The van der Waals surface area contributed by atoms with Crippen LogP contribution in [0.25, 0.3) is 0 Å². The van der Waals surface area contributed by atoms with E-state index < -0.39 is 7.25 Å². The van der Waals surface area contributed by atoms with Crippen LogP contribution in [0.4, 0.5) is 23.0 Å². The number of halogens is 4. The van der Waals surface area contributed by atoms with Gasteiger partial charge in [0, 0.05) is 18.9 Å². The third-order valence-corrected chi connectivity index (χ3v) is 2.92. The average Bonchev–Trinajstić information content (AvgIpc) is 2.58. The minimum atomic E-state index is -6.00. The zero-order chi connectivity index (χ0) is 19.3. The molecule has 11 heteroatoms. The van der Waals surface area contributed by atoms with Crippen LogP contribution in [0.1, 0.15) is 13.8 Å². The van der Waals surface area contributed by atoms with Crippen LogP contribution in [0.2, 0.25) is 0 Å². The number of para-hydroxylation sites is 1. The first-order chi connectivity index (χ1) is 11.8. The molecule has 1 N–H and O–H groups in total. The van der Waals surface area contributed by atoms with Gasteiger partial charge in [0.25, 0.3) is 0 Å². The predicted octanol–water partition coefficient (Wildman–Crippen LogP) is 1.83. The summed E-state index contributed by atoms with van der Waals surface area (Å²) in [5.41, 5.74) is 1.14. The Morgan fingerprint density at radius 1 is 1.12 bits per heavy atom. The van der Waals surface area contributed by atoms with Crippen molar-refractivity contribution in [2.45, 2.75) is 26.4 Å². The Hall–Kier alpha value is -1.90. The van der Waals surface area contributed by atoms with Crippen molar-refractivity contribution in [2.75, 3.05) is 31.3 Å². The van der Waals surface area contributed by atoms with E-state index in [-0.39, 0.29) is 12.5 Å².